The van der Waals surface area contributed by atoms with Gasteiger partial charge in [0, 0.05) is 6.54 Å². The molecule has 2 rings (SSSR count). The van der Waals surface area contributed by atoms with Crippen molar-refractivity contribution in [3.8, 4) is 0 Å². The van der Waals surface area contributed by atoms with E-state index < -0.39 is 0 Å². The fourth-order valence-electron chi connectivity index (χ4n) is 2.67. The van der Waals surface area contributed by atoms with Gasteiger partial charge in [-0.1, -0.05) is 18.2 Å². The second kappa shape index (κ2) is 4.64. The van der Waals surface area contributed by atoms with Crippen LogP contribution >= 0.6 is 0 Å². The Balaban J connectivity index is 2.22. The van der Waals surface area contributed by atoms with E-state index in [4.69, 9.17) is 0 Å². The number of carbonyl (C=O) groups excluding carboxylic acids is 2. The van der Waals surface area contributed by atoms with E-state index in [1.165, 1.54) is 0 Å². The number of piperidine rings is 1. The first kappa shape index (κ1) is 11.1. The van der Waals surface area contributed by atoms with Gasteiger partial charge < -0.3 is 4.90 Å². The normalized spacial score (nSPS) is 33.4. The highest BCUT2D eigenvalue weighted by atomic mass is 16.2. The van der Waals surface area contributed by atoms with Gasteiger partial charge in [-0.2, -0.15) is 0 Å². The Morgan fingerprint density at radius 1 is 1.62 bits per heavy atom. The highest BCUT2D eigenvalue weighted by molar-refractivity contribution is 5.85. The Morgan fingerprint density at radius 2 is 2.44 bits per heavy atom. The van der Waals surface area contributed by atoms with Crippen LogP contribution in [-0.4, -0.2) is 29.7 Å². The van der Waals surface area contributed by atoms with Crippen molar-refractivity contribution in [2.75, 3.05) is 6.54 Å². The SMILES string of the molecule is C=CCN1C(=O)C2C=CCCC2CC1[C]=O. The molecule has 3 nitrogen and oxygen atoms in total. The van der Waals surface area contributed by atoms with E-state index >= 15 is 0 Å². The zero-order valence-electron chi connectivity index (χ0n) is 9.26. The molecule has 1 heterocycles. The molecule has 3 unspecified atom stereocenters. The maximum Gasteiger partial charge on any atom is 0.230 e. The Kier molecular flexibility index (Phi) is 3.22. The number of hydrogen-bond donors (Lipinski definition) is 0. The Morgan fingerprint density at radius 3 is 3.12 bits per heavy atom. The van der Waals surface area contributed by atoms with Crippen LogP contribution in [0.1, 0.15) is 19.3 Å². The van der Waals surface area contributed by atoms with E-state index in [2.05, 4.69) is 12.7 Å². The van der Waals surface area contributed by atoms with E-state index in [1.807, 2.05) is 12.4 Å². The van der Waals surface area contributed by atoms with Crippen LogP contribution in [0.3, 0.4) is 0 Å². The van der Waals surface area contributed by atoms with E-state index in [1.54, 1.807) is 11.0 Å². The van der Waals surface area contributed by atoms with Crippen LogP contribution in [0.5, 0.6) is 0 Å². The molecule has 0 N–H and O–H groups in total. The third-order valence-electron chi connectivity index (χ3n) is 3.49. The molecule has 0 aromatic rings. The molecule has 2 aliphatic rings. The van der Waals surface area contributed by atoms with Crippen molar-refractivity contribution in [1.29, 1.82) is 0 Å². The molecule has 0 spiro atoms. The quantitative estimate of drug-likeness (QED) is 0.673. The van der Waals surface area contributed by atoms with Crippen molar-refractivity contribution >= 4 is 12.2 Å². The molecule has 0 bridgehead atoms. The van der Waals surface area contributed by atoms with Crippen LogP contribution < -0.4 is 0 Å². The van der Waals surface area contributed by atoms with E-state index in [0.717, 1.165) is 19.3 Å². The molecule has 1 aliphatic heterocycles. The number of rotatable bonds is 3. The third-order valence-corrected chi connectivity index (χ3v) is 3.49. The molecule has 1 radical (unpaired) electrons. The summed E-state index contributed by atoms with van der Waals surface area (Å²) in [5.74, 6) is 0.351. The summed E-state index contributed by atoms with van der Waals surface area (Å²) < 4.78 is 0. The van der Waals surface area contributed by atoms with Crippen LogP contribution in [0.2, 0.25) is 0 Å². The molecular weight excluding hydrogens is 202 g/mol. The van der Waals surface area contributed by atoms with Gasteiger partial charge in [0.2, 0.25) is 12.2 Å². The molecule has 1 aliphatic carbocycles. The second-order valence-corrected chi connectivity index (χ2v) is 4.44. The maximum atomic E-state index is 12.2. The van der Waals surface area contributed by atoms with Gasteiger partial charge in [0.25, 0.3) is 0 Å². The number of likely N-dealkylation sites (tertiary alicyclic amines) is 1. The minimum Gasteiger partial charge on any atom is -0.328 e. The van der Waals surface area contributed by atoms with Crippen LogP contribution in [0.15, 0.2) is 24.8 Å². The largest absolute Gasteiger partial charge is 0.328 e. The van der Waals surface area contributed by atoms with Crippen LogP contribution in [0, 0.1) is 11.8 Å². The predicted molar refractivity (Wildman–Crippen MR) is 61.4 cm³/mol. The predicted octanol–water partition coefficient (Wildman–Crippen LogP) is 1.47. The van der Waals surface area contributed by atoms with Crippen molar-refractivity contribution in [2.24, 2.45) is 11.8 Å². The molecule has 1 amide bonds. The maximum absolute atomic E-state index is 12.2. The van der Waals surface area contributed by atoms with Crippen molar-refractivity contribution in [2.45, 2.75) is 25.3 Å². The van der Waals surface area contributed by atoms with Crippen molar-refractivity contribution < 1.29 is 9.59 Å². The molecule has 1 fully saturated rings. The van der Waals surface area contributed by atoms with Crippen molar-refractivity contribution in [3.05, 3.63) is 24.8 Å². The van der Waals surface area contributed by atoms with Gasteiger partial charge in [-0.25, -0.2) is 0 Å². The zero-order chi connectivity index (χ0) is 11.5. The number of amides is 1. The first-order valence-electron chi connectivity index (χ1n) is 5.73. The summed E-state index contributed by atoms with van der Waals surface area (Å²) in [6, 6.07) is -0.377. The number of nitrogens with zero attached hydrogens (tertiary/aromatic N) is 1. The molecule has 0 aromatic carbocycles. The van der Waals surface area contributed by atoms with Crippen molar-refractivity contribution in [1.82, 2.24) is 4.90 Å². The molecule has 1 saturated heterocycles. The highest BCUT2D eigenvalue weighted by Crippen LogP contribution is 2.35. The summed E-state index contributed by atoms with van der Waals surface area (Å²) in [5.41, 5.74) is 0. The summed E-state index contributed by atoms with van der Waals surface area (Å²) in [6.07, 6.45) is 10.5. The molecule has 16 heavy (non-hydrogen) atoms. The minimum absolute atomic E-state index is 0.0294. The summed E-state index contributed by atoms with van der Waals surface area (Å²) >= 11 is 0. The fourth-order valence-corrected chi connectivity index (χ4v) is 2.67. The second-order valence-electron chi connectivity index (χ2n) is 4.44. The summed E-state index contributed by atoms with van der Waals surface area (Å²) in [6.45, 7) is 4.06. The van der Waals surface area contributed by atoms with Gasteiger partial charge in [0.15, 0.2) is 0 Å². The Labute approximate surface area is 95.8 Å². The molecule has 0 aromatic heterocycles. The standard InChI is InChI=1S/C13H16NO2/c1-2-7-14-11(9-15)8-10-5-3-4-6-12(10)13(14)16/h2,4,6,10-12H,1,3,5,7-8H2. The topological polar surface area (TPSA) is 37.4 Å². The summed E-state index contributed by atoms with van der Waals surface area (Å²) in [4.78, 5) is 24.7. The first-order chi connectivity index (χ1) is 7.77. The lowest BCUT2D eigenvalue weighted by Crippen LogP contribution is -2.52. The minimum atomic E-state index is -0.377. The average Bonchev–Trinajstić information content (AvgIpc) is 2.33. The highest BCUT2D eigenvalue weighted by Gasteiger charge is 2.40. The smallest absolute Gasteiger partial charge is 0.230 e. The summed E-state index contributed by atoms with van der Waals surface area (Å²) in [7, 11) is 0. The molecule has 3 heteroatoms. The number of fused-ring (bicyclic) bond motifs is 1. The Hall–Kier alpha value is -1.38. The van der Waals surface area contributed by atoms with Gasteiger partial charge in [0.05, 0.1) is 12.0 Å². The molecule has 0 saturated carbocycles. The number of hydrogen-bond acceptors (Lipinski definition) is 2. The van der Waals surface area contributed by atoms with Crippen LogP contribution in [-0.2, 0) is 9.59 Å². The number of allylic oxidation sites excluding steroid dienone is 1. The number of carbonyl (C=O) groups is 1. The van der Waals surface area contributed by atoms with Gasteiger partial charge in [-0.3, -0.25) is 9.59 Å². The van der Waals surface area contributed by atoms with Gasteiger partial charge in [-0.15, -0.1) is 6.58 Å². The van der Waals surface area contributed by atoms with E-state index in [0.29, 0.717) is 12.5 Å². The summed E-state index contributed by atoms with van der Waals surface area (Å²) in [5, 5.41) is 0. The Bertz CT molecular complexity index is 335. The first-order valence-corrected chi connectivity index (χ1v) is 5.73. The van der Waals surface area contributed by atoms with E-state index in [9.17, 15) is 9.59 Å². The van der Waals surface area contributed by atoms with E-state index in [-0.39, 0.29) is 17.9 Å². The molecule has 85 valence electrons. The third kappa shape index (κ3) is 1.82. The van der Waals surface area contributed by atoms with Gasteiger partial charge >= 0.3 is 0 Å². The van der Waals surface area contributed by atoms with Crippen molar-refractivity contribution in [3.63, 3.8) is 0 Å². The fraction of sp³-hybridized carbons (Fsp3) is 0.538. The molecular formula is C13H16NO2. The average molecular weight is 218 g/mol. The lowest BCUT2D eigenvalue weighted by atomic mass is 9.76. The van der Waals surface area contributed by atoms with Crippen LogP contribution in [0.25, 0.3) is 0 Å². The molecule has 3 atom stereocenters. The lowest BCUT2D eigenvalue weighted by molar-refractivity contribution is -0.140. The van der Waals surface area contributed by atoms with Gasteiger partial charge in [-0.05, 0) is 25.2 Å². The van der Waals surface area contributed by atoms with Crippen LogP contribution in [0.4, 0.5) is 0 Å². The van der Waals surface area contributed by atoms with Gasteiger partial charge in [0.1, 0.15) is 0 Å². The monoisotopic (exact) mass is 218 g/mol. The lowest BCUT2D eigenvalue weighted by Gasteiger charge is -2.41. The zero-order valence-corrected chi connectivity index (χ0v) is 9.26.